The van der Waals surface area contributed by atoms with Crippen LogP contribution in [0.2, 0.25) is 0 Å². The minimum absolute atomic E-state index is 0.101. The fourth-order valence-corrected chi connectivity index (χ4v) is 6.00. The molecule has 1 aromatic carbocycles. The first-order chi connectivity index (χ1) is 16.9. The van der Waals surface area contributed by atoms with E-state index in [1.807, 2.05) is 6.07 Å². The van der Waals surface area contributed by atoms with Crippen molar-refractivity contribution in [3.63, 3.8) is 0 Å². The lowest BCUT2D eigenvalue weighted by Gasteiger charge is -2.42. The molecule has 5 amide bonds. The largest absolute Gasteiger partial charge is 0.368 e. The van der Waals surface area contributed by atoms with E-state index in [9.17, 15) is 24.0 Å². The Hall–Kier alpha value is -3.27. The van der Waals surface area contributed by atoms with Crippen molar-refractivity contribution in [2.24, 2.45) is 5.92 Å². The number of nitrogens with one attached hydrogen (secondary N) is 2. The van der Waals surface area contributed by atoms with Gasteiger partial charge in [-0.1, -0.05) is 6.07 Å². The number of hydrogen-bond donors (Lipinski definition) is 2. The van der Waals surface area contributed by atoms with Crippen LogP contribution in [0, 0.1) is 5.92 Å². The van der Waals surface area contributed by atoms with Crippen LogP contribution in [0.25, 0.3) is 0 Å². The molecule has 1 aliphatic carbocycles. The van der Waals surface area contributed by atoms with Gasteiger partial charge in [-0.05, 0) is 44.2 Å². The molecule has 0 aromatic heterocycles. The van der Waals surface area contributed by atoms with Crippen molar-refractivity contribution in [3.05, 3.63) is 29.3 Å². The third-order valence-electron chi connectivity index (χ3n) is 7.93. The molecule has 1 saturated carbocycles. The summed E-state index contributed by atoms with van der Waals surface area (Å²) in [5, 5.41) is 5.00. The standard InChI is InChI=1S/C25H31N5O5/c1-26-22(32)15-5-7-16(8-6-15)28-11-13-29(14-12-28)18-4-2-3-17-21(18)25(35)30(24(17)34)19-9-10-20(31)27-23(19)33/h2-4,15-16,19H,5-14H2,1H3,(H,26,32)(H,27,31,33). The van der Waals surface area contributed by atoms with Gasteiger partial charge in [0.2, 0.25) is 17.7 Å². The molecule has 10 nitrogen and oxygen atoms in total. The Morgan fingerprint density at radius 1 is 0.943 bits per heavy atom. The van der Waals surface area contributed by atoms with E-state index in [2.05, 4.69) is 20.4 Å². The molecule has 0 bridgehead atoms. The molecule has 1 atom stereocenters. The smallest absolute Gasteiger partial charge is 0.264 e. The zero-order chi connectivity index (χ0) is 24.7. The number of amides is 5. The fourth-order valence-electron chi connectivity index (χ4n) is 6.00. The fraction of sp³-hybridized carbons (Fsp3) is 0.560. The molecular formula is C25H31N5O5. The van der Waals surface area contributed by atoms with Crippen molar-refractivity contribution in [1.29, 1.82) is 0 Å². The number of imide groups is 2. The van der Waals surface area contributed by atoms with Crippen molar-refractivity contribution in [3.8, 4) is 0 Å². The van der Waals surface area contributed by atoms with E-state index in [4.69, 9.17) is 0 Å². The highest BCUT2D eigenvalue weighted by Gasteiger charge is 2.46. The number of piperidine rings is 1. The van der Waals surface area contributed by atoms with Crippen molar-refractivity contribution < 1.29 is 24.0 Å². The molecule has 1 unspecified atom stereocenters. The van der Waals surface area contributed by atoms with Gasteiger partial charge < -0.3 is 10.2 Å². The SMILES string of the molecule is CNC(=O)C1CCC(N2CCN(c3cccc4c3C(=O)N(C3CCC(=O)NC3=O)C4=O)CC2)CC1. The molecule has 3 fully saturated rings. The van der Waals surface area contributed by atoms with Crippen LogP contribution in [0.3, 0.4) is 0 Å². The van der Waals surface area contributed by atoms with E-state index in [0.717, 1.165) is 62.4 Å². The molecular weight excluding hydrogens is 450 g/mol. The second kappa shape index (κ2) is 9.41. The van der Waals surface area contributed by atoms with Crippen molar-refractivity contribution in [2.45, 2.75) is 50.6 Å². The first kappa shape index (κ1) is 23.5. The molecule has 1 aromatic rings. The van der Waals surface area contributed by atoms with Gasteiger partial charge in [-0.25, -0.2) is 0 Å². The molecule has 0 spiro atoms. The molecule has 2 N–H and O–H groups in total. The summed E-state index contributed by atoms with van der Waals surface area (Å²) in [6, 6.07) is 4.77. The van der Waals surface area contributed by atoms with Crippen LogP contribution in [0.4, 0.5) is 5.69 Å². The molecule has 0 radical (unpaired) electrons. The van der Waals surface area contributed by atoms with Gasteiger partial charge in [0.05, 0.1) is 16.8 Å². The third kappa shape index (κ3) is 4.20. The van der Waals surface area contributed by atoms with E-state index in [1.165, 1.54) is 0 Å². The topological polar surface area (TPSA) is 119 Å². The number of benzene rings is 1. The first-order valence-corrected chi connectivity index (χ1v) is 12.4. The van der Waals surface area contributed by atoms with Gasteiger partial charge in [-0.3, -0.25) is 39.1 Å². The summed E-state index contributed by atoms with van der Waals surface area (Å²) in [5.41, 5.74) is 1.38. The molecule has 3 heterocycles. The summed E-state index contributed by atoms with van der Waals surface area (Å²) in [6.07, 6.45) is 4.07. The van der Waals surface area contributed by atoms with Gasteiger partial charge in [0.15, 0.2) is 0 Å². The summed E-state index contributed by atoms with van der Waals surface area (Å²) in [5.74, 6) is -1.68. The number of piperazine rings is 1. The molecule has 10 heteroatoms. The summed E-state index contributed by atoms with van der Waals surface area (Å²) >= 11 is 0. The molecule has 186 valence electrons. The number of carbonyl (C=O) groups is 5. The van der Waals surface area contributed by atoms with Gasteiger partial charge in [0.25, 0.3) is 11.8 Å². The number of rotatable bonds is 4. The minimum Gasteiger partial charge on any atom is -0.368 e. The molecule has 4 aliphatic rings. The van der Waals surface area contributed by atoms with Crippen LogP contribution in [0.15, 0.2) is 18.2 Å². The highest BCUT2D eigenvalue weighted by Crippen LogP contribution is 2.35. The number of anilines is 1. The van der Waals surface area contributed by atoms with E-state index in [0.29, 0.717) is 17.2 Å². The second-order valence-corrected chi connectivity index (χ2v) is 9.79. The Balaban J connectivity index is 1.26. The molecule has 35 heavy (non-hydrogen) atoms. The monoisotopic (exact) mass is 481 g/mol. The second-order valence-electron chi connectivity index (χ2n) is 9.79. The van der Waals surface area contributed by atoms with E-state index in [-0.39, 0.29) is 30.6 Å². The zero-order valence-corrected chi connectivity index (χ0v) is 19.9. The van der Waals surface area contributed by atoms with Crippen LogP contribution in [0.5, 0.6) is 0 Å². The van der Waals surface area contributed by atoms with Crippen LogP contribution in [0.1, 0.15) is 59.2 Å². The number of fused-ring (bicyclic) bond motifs is 1. The lowest BCUT2D eigenvalue weighted by Crippen LogP contribution is -2.54. The maximum absolute atomic E-state index is 13.4. The maximum Gasteiger partial charge on any atom is 0.264 e. The van der Waals surface area contributed by atoms with Crippen LogP contribution in [-0.4, -0.2) is 84.6 Å². The summed E-state index contributed by atoms with van der Waals surface area (Å²) in [4.78, 5) is 68.0. The number of carbonyl (C=O) groups excluding carboxylic acids is 5. The van der Waals surface area contributed by atoms with Crippen LogP contribution >= 0.6 is 0 Å². The quantitative estimate of drug-likeness (QED) is 0.602. The maximum atomic E-state index is 13.4. The third-order valence-corrected chi connectivity index (χ3v) is 7.93. The Kier molecular flexibility index (Phi) is 6.31. The lowest BCUT2D eigenvalue weighted by atomic mass is 9.84. The van der Waals surface area contributed by atoms with Crippen molar-refractivity contribution in [1.82, 2.24) is 20.4 Å². The van der Waals surface area contributed by atoms with E-state index >= 15 is 0 Å². The van der Waals surface area contributed by atoms with E-state index in [1.54, 1.807) is 19.2 Å². The first-order valence-electron chi connectivity index (χ1n) is 12.4. The minimum atomic E-state index is -0.963. The highest BCUT2D eigenvalue weighted by atomic mass is 16.2. The Labute approximate surface area is 204 Å². The average molecular weight is 482 g/mol. The molecule has 2 saturated heterocycles. The molecule has 5 rings (SSSR count). The summed E-state index contributed by atoms with van der Waals surface area (Å²) in [7, 11) is 1.69. The number of hydrogen-bond acceptors (Lipinski definition) is 7. The summed E-state index contributed by atoms with van der Waals surface area (Å²) < 4.78 is 0. The predicted molar refractivity (Wildman–Crippen MR) is 127 cm³/mol. The number of nitrogens with zero attached hydrogens (tertiary/aromatic N) is 3. The van der Waals surface area contributed by atoms with Crippen molar-refractivity contribution in [2.75, 3.05) is 38.1 Å². The van der Waals surface area contributed by atoms with Crippen molar-refractivity contribution >= 4 is 35.2 Å². The normalized spacial score (nSPS) is 27.6. The van der Waals surface area contributed by atoms with Crippen LogP contribution in [-0.2, 0) is 14.4 Å². The zero-order valence-electron chi connectivity index (χ0n) is 19.9. The highest BCUT2D eigenvalue weighted by molar-refractivity contribution is 6.25. The Morgan fingerprint density at radius 2 is 1.66 bits per heavy atom. The molecule has 3 aliphatic heterocycles. The van der Waals surface area contributed by atoms with E-state index < -0.39 is 23.8 Å². The Morgan fingerprint density at radius 3 is 2.31 bits per heavy atom. The summed E-state index contributed by atoms with van der Waals surface area (Å²) in [6.45, 7) is 3.15. The Bertz CT molecular complexity index is 1070. The van der Waals surface area contributed by atoms with Gasteiger partial charge in [-0.15, -0.1) is 0 Å². The lowest BCUT2D eigenvalue weighted by molar-refractivity contribution is -0.136. The van der Waals surface area contributed by atoms with Crippen LogP contribution < -0.4 is 15.5 Å². The van der Waals surface area contributed by atoms with Gasteiger partial charge in [0.1, 0.15) is 6.04 Å². The predicted octanol–water partition coefficient (Wildman–Crippen LogP) is 0.515. The van der Waals surface area contributed by atoms with Gasteiger partial charge >= 0.3 is 0 Å². The average Bonchev–Trinajstić information content (AvgIpc) is 3.14. The van der Waals surface area contributed by atoms with Gasteiger partial charge in [-0.2, -0.15) is 0 Å². The van der Waals surface area contributed by atoms with Gasteiger partial charge in [0, 0.05) is 51.6 Å².